The van der Waals surface area contributed by atoms with Crippen LogP contribution in [0, 0.1) is 0 Å². The Hall–Kier alpha value is -4.97. The maximum Gasteiger partial charge on any atom is 0.306 e. The first-order valence-corrected chi connectivity index (χ1v) is 30.0. The van der Waals surface area contributed by atoms with Crippen LogP contribution < -0.4 is 0 Å². The summed E-state index contributed by atoms with van der Waals surface area (Å²) in [4.78, 5) is 38.0. The molecule has 0 radical (unpaired) electrons. The van der Waals surface area contributed by atoms with E-state index >= 15 is 0 Å². The number of carbonyl (C=O) groups is 3. The van der Waals surface area contributed by atoms with Crippen LogP contribution in [0.2, 0.25) is 0 Å². The number of carbonyl (C=O) groups excluding carboxylic acids is 3. The SMILES string of the molecule is CC/C=C\C/C=C\C/C=C\C/C=C\C/C=C\C/C=C\C/C=C\C/C=C\C/C=C\CCCCCCCC(=O)OCC(COC(=O)CCCCCCCCCCC)OC(=O)CCCC/C=C\C/C=C\C/C=C\C/C=C\CC. The predicted molar refractivity (Wildman–Crippen MR) is 325 cm³/mol. The second-order valence-electron chi connectivity index (χ2n) is 19.1. The van der Waals surface area contributed by atoms with Gasteiger partial charge in [0, 0.05) is 19.3 Å². The number of rotatable bonds is 52. The van der Waals surface area contributed by atoms with Crippen molar-refractivity contribution in [3.63, 3.8) is 0 Å². The van der Waals surface area contributed by atoms with E-state index in [2.05, 4.69) is 179 Å². The quantitative estimate of drug-likeness (QED) is 0.0261. The molecule has 0 aromatic heterocycles. The molecule has 0 aliphatic heterocycles. The highest BCUT2D eigenvalue weighted by Crippen LogP contribution is 2.13. The van der Waals surface area contributed by atoms with Crippen molar-refractivity contribution < 1.29 is 28.6 Å². The van der Waals surface area contributed by atoms with E-state index < -0.39 is 6.10 Å². The molecule has 0 aliphatic rings. The van der Waals surface area contributed by atoms with Crippen LogP contribution >= 0.6 is 0 Å². The summed E-state index contributed by atoms with van der Waals surface area (Å²) in [6.45, 7) is 6.32. The molecule has 0 aliphatic carbocycles. The number of ether oxygens (including phenoxy) is 3. The zero-order valence-corrected chi connectivity index (χ0v) is 48.0. The van der Waals surface area contributed by atoms with Crippen molar-refractivity contribution >= 4 is 17.9 Å². The molecule has 75 heavy (non-hydrogen) atoms. The van der Waals surface area contributed by atoms with Crippen molar-refractivity contribution in [3.8, 4) is 0 Å². The Bertz CT molecular complexity index is 1710. The van der Waals surface area contributed by atoms with Crippen LogP contribution in [0.5, 0.6) is 0 Å². The molecule has 420 valence electrons. The third-order valence-electron chi connectivity index (χ3n) is 12.0. The molecule has 6 heteroatoms. The summed E-state index contributed by atoms with van der Waals surface area (Å²) in [5, 5.41) is 0. The highest BCUT2D eigenvalue weighted by molar-refractivity contribution is 5.71. The van der Waals surface area contributed by atoms with Gasteiger partial charge in [-0.05, 0) is 128 Å². The lowest BCUT2D eigenvalue weighted by Crippen LogP contribution is -2.30. The number of hydrogen-bond donors (Lipinski definition) is 0. The van der Waals surface area contributed by atoms with Crippen LogP contribution in [0.1, 0.15) is 239 Å². The molecule has 0 N–H and O–H groups in total. The molecule has 0 rings (SSSR count). The average molecular weight is 1030 g/mol. The normalized spacial score (nSPS) is 13.3. The van der Waals surface area contributed by atoms with Crippen LogP contribution in [0.4, 0.5) is 0 Å². The fourth-order valence-electron chi connectivity index (χ4n) is 7.60. The summed E-state index contributed by atoms with van der Waals surface area (Å²) in [6.07, 6.45) is 89.7. The molecule has 0 fully saturated rings. The monoisotopic (exact) mass is 1030 g/mol. The Morgan fingerprint density at radius 3 is 0.840 bits per heavy atom. The molecular formula is C69H108O6. The second-order valence-corrected chi connectivity index (χ2v) is 19.1. The van der Waals surface area contributed by atoms with Gasteiger partial charge >= 0.3 is 17.9 Å². The molecular weight excluding hydrogens is 925 g/mol. The first-order chi connectivity index (χ1) is 37.0. The van der Waals surface area contributed by atoms with Gasteiger partial charge in [0.25, 0.3) is 0 Å². The molecule has 6 nitrogen and oxygen atoms in total. The Morgan fingerprint density at radius 1 is 0.280 bits per heavy atom. The summed E-state index contributed by atoms with van der Waals surface area (Å²) in [7, 11) is 0. The Balaban J connectivity index is 4.30. The molecule has 0 amide bonds. The molecule has 0 spiro atoms. The minimum absolute atomic E-state index is 0.106. The van der Waals surface area contributed by atoms with E-state index in [4.69, 9.17) is 14.2 Å². The van der Waals surface area contributed by atoms with Gasteiger partial charge in [-0.2, -0.15) is 0 Å². The predicted octanol–water partition coefficient (Wildman–Crippen LogP) is 20.5. The van der Waals surface area contributed by atoms with E-state index in [-0.39, 0.29) is 37.5 Å². The average Bonchev–Trinajstić information content (AvgIpc) is 3.41. The van der Waals surface area contributed by atoms with Crippen molar-refractivity contribution in [2.45, 2.75) is 245 Å². The standard InChI is InChI=1S/C69H108O6/c1-4-7-10-13-16-19-21-23-25-26-27-28-29-30-31-32-33-34-35-36-37-38-39-40-41-42-44-45-47-50-53-56-59-62-68(71)74-65-66(64-73-67(70)61-58-55-52-49-18-15-12-9-6-3)75-69(72)63-60-57-54-51-48-46-43-24-22-20-17-14-11-8-5-2/h7-8,10-11,16-17,19-20,23-25,27-28,30-31,33-34,36-37,39-40,42-44,48,51,66H,4-6,9,12-15,18,21-22,26,29,32,35,38,41,45-47,49-50,52-65H2,1-3H3/b10-7-,11-8-,19-16-,20-17-,25-23-,28-27-,31-30-,34-33-,37-36-,40-39-,43-24-,44-42-,51-48-. The van der Waals surface area contributed by atoms with E-state index in [0.29, 0.717) is 19.3 Å². The van der Waals surface area contributed by atoms with Crippen molar-refractivity contribution in [2.24, 2.45) is 0 Å². The van der Waals surface area contributed by atoms with Gasteiger partial charge in [-0.1, -0.05) is 249 Å². The highest BCUT2D eigenvalue weighted by atomic mass is 16.6. The molecule has 0 saturated heterocycles. The molecule has 0 saturated carbocycles. The molecule has 1 atom stereocenters. The molecule has 0 bridgehead atoms. The topological polar surface area (TPSA) is 78.9 Å². The van der Waals surface area contributed by atoms with Crippen molar-refractivity contribution in [1.82, 2.24) is 0 Å². The van der Waals surface area contributed by atoms with E-state index in [1.165, 1.54) is 38.5 Å². The lowest BCUT2D eigenvalue weighted by atomic mass is 10.1. The zero-order valence-electron chi connectivity index (χ0n) is 48.0. The van der Waals surface area contributed by atoms with E-state index in [9.17, 15) is 14.4 Å². The van der Waals surface area contributed by atoms with Crippen LogP contribution in [0.15, 0.2) is 158 Å². The van der Waals surface area contributed by atoms with Crippen LogP contribution in [-0.2, 0) is 28.6 Å². The van der Waals surface area contributed by atoms with Crippen molar-refractivity contribution in [3.05, 3.63) is 158 Å². The van der Waals surface area contributed by atoms with Gasteiger partial charge in [-0.25, -0.2) is 0 Å². The zero-order chi connectivity index (χ0) is 54.3. The first kappa shape index (κ1) is 70.0. The fraction of sp³-hybridized carbons (Fsp3) is 0.580. The number of hydrogen-bond acceptors (Lipinski definition) is 6. The van der Waals surface area contributed by atoms with Crippen LogP contribution in [0.3, 0.4) is 0 Å². The third-order valence-corrected chi connectivity index (χ3v) is 12.0. The minimum Gasteiger partial charge on any atom is -0.462 e. The van der Waals surface area contributed by atoms with Gasteiger partial charge < -0.3 is 14.2 Å². The number of esters is 3. The van der Waals surface area contributed by atoms with Gasteiger partial charge in [-0.15, -0.1) is 0 Å². The summed E-state index contributed by atoms with van der Waals surface area (Å²) in [6, 6.07) is 0. The fourth-order valence-corrected chi connectivity index (χ4v) is 7.60. The van der Waals surface area contributed by atoms with Gasteiger partial charge in [0.1, 0.15) is 13.2 Å². The number of unbranched alkanes of at least 4 members (excludes halogenated alkanes) is 15. The van der Waals surface area contributed by atoms with E-state index in [1.54, 1.807) is 0 Å². The van der Waals surface area contributed by atoms with E-state index in [1.807, 2.05) is 0 Å². The maximum atomic E-state index is 12.8. The second kappa shape index (κ2) is 61.6. The Kier molecular flexibility index (Phi) is 57.5. The Labute approximate surface area is 460 Å². The van der Waals surface area contributed by atoms with Crippen molar-refractivity contribution in [2.75, 3.05) is 13.2 Å². The molecule has 1 unspecified atom stereocenters. The molecule has 0 aromatic rings. The summed E-state index contributed by atoms with van der Waals surface area (Å²) < 4.78 is 16.8. The molecule has 0 aromatic carbocycles. The lowest BCUT2D eigenvalue weighted by Gasteiger charge is -2.18. The maximum absolute atomic E-state index is 12.8. The summed E-state index contributed by atoms with van der Waals surface area (Å²) >= 11 is 0. The minimum atomic E-state index is -0.812. The van der Waals surface area contributed by atoms with Gasteiger partial charge in [0.05, 0.1) is 0 Å². The lowest BCUT2D eigenvalue weighted by molar-refractivity contribution is -0.167. The smallest absolute Gasteiger partial charge is 0.306 e. The highest BCUT2D eigenvalue weighted by Gasteiger charge is 2.19. The third kappa shape index (κ3) is 59.8. The van der Waals surface area contributed by atoms with Gasteiger partial charge in [-0.3, -0.25) is 14.4 Å². The molecule has 0 heterocycles. The van der Waals surface area contributed by atoms with Gasteiger partial charge in [0.15, 0.2) is 6.10 Å². The summed E-state index contributed by atoms with van der Waals surface area (Å²) in [5.74, 6) is -0.978. The van der Waals surface area contributed by atoms with Crippen molar-refractivity contribution in [1.29, 1.82) is 0 Å². The van der Waals surface area contributed by atoms with E-state index in [0.717, 1.165) is 154 Å². The van der Waals surface area contributed by atoms with Crippen LogP contribution in [-0.4, -0.2) is 37.2 Å². The number of allylic oxidation sites excluding steroid dienone is 26. The largest absolute Gasteiger partial charge is 0.462 e. The van der Waals surface area contributed by atoms with Gasteiger partial charge in [0.2, 0.25) is 0 Å². The first-order valence-electron chi connectivity index (χ1n) is 30.0. The Morgan fingerprint density at radius 2 is 0.520 bits per heavy atom. The summed E-state index contributed by atoms with van der Waals surface area (Å²) in [5.41, 5.74) is 0. The van der Waals surface area contributed by atoms with Crippen LogP contribution in [0.25, 0.3) is 0 Å².